The highest BCUT2D eigenvalue weighted by Crippen LogP contribution is 2.02. The molecule has 5 nitrogen and oxygen atoms in total. The summed E-state index contributed by atoms with van der Waals surface area (Å²) < 4.78 is 0. The van der Waals surface area contributed by atoms with E-state index in [-0.39, 0.29) is 18.1 Å². The van der Waals surface area contributed by atoms with Crippen molar-refractivity contribution in [2.45, 2.75) is 19.1 Å². The lowest BCUT2D eigenvalue weighted by molar-refractivity contribution is -0.125. The Morgan fingerprint density at radius 3 is 3.07 bits per heavy atom. The van der Waals surface area contributed by atoms with E-state index < -0.39 is 0 Å². The molecule has 1 aliphatic rings. The van der Waals surface area contributed by atoms with Crippen LogP contribution in [0.25, 0.3) is 0 Å². The molecule has 1 saturated heterocycles. The second-order valence-corrected chi connectivity index (χ2v) is 3.64. The molecule has 3 N–H and O–H groups in total. The van der Waals surface area contributed by atoms with Crippen LogP contribution in [0, 0.1) is 0 Å². The van der Waals surface area contributed by atoms with Gasteiger partial charge in [-0.05, 0) is 6.92 Å². The van der Waals surface area contributed by atoms with Gasteiger partial charge in [0.1, 0.15) is 0 Å². The summed E-state index contributed by atoms with van der Waals surface area (Å²) in [7, 11) is 1.63. The van der Waals surface area contributed by atoms with Crippen LogP contribution in [0.15, 0.2) is 0 Å². The molecule has 2 unspecified atom stereocenters. The third-order valence-electron chi connectivity index (χ3n) is 2.57. The van der Waals surface area contributed by atoms with Crippen LogP contribution in [0.1, 0.15) is 6.92 Å². The van der Waals surface area contributed by atoms with Gasteiger partial charge in [-0.2, -0.15) is 0 Å². The number of aliphatic hydroxyl groups is 1. The Hall–Kier alpha value is -0.650. The molecule has 0 radical (unpaired) electrons. The van der Waals surface area contributed by atoms with Crippen LogP contribution in [-0.2, 0) is 4.79 Å². The molecular weight excluding hydrogens is 182 g/mol. The number of rotatable bonds is 2. The third kappa shape index (κ3) is 2.94. The van der Waals surface area contributed by atoms with Crippen molar-refractivity contribution in [3.8, 4) is 0 Å². The molecule has 0 spiro atoms. The maximum Gasteiger partial charge on any atom is 0.236 e. The molecule has 5 heteroatoms. The zero-order chi connectivity index (χ0) is 10.6. The van der Waals surface area contributed by atoms with E-state index in [1.54, 1.807) is 7.05 Å². The van der Waals surface area contributed by atoms with Crippen molar-refractivity contribution in [1.82, 2.24) is 15.5 Å². The first-order valence-electron chi connectivity index (χ1n) is 4.99. The van der Waals surface area contributed by atoms with E-state index in [0.29, 0.717) is 13.1 Å². The van der Waals surface area contributed by atoms with Crippen LogP contribution >= 0.6 is 0 Å². The maximum atomic E-state index is 11.4. The number of amides is 1. The fourth-order valence-electron chi connectivity index (χ4n) is 1.64. The van der Waals surface area contributed by atoms with E-state index in [9.17, 15) is 9.90 Å². The van der Waals surface area contributed by atoms with Crippen molar-refractivity contribution in [3.63, 3.8) is 0 Å². The van der Waals surface area contributed by atoms with E-state index in [1.807, 2.05) is 11.8 Å². The molecular formula is C9H19N3O2. The minimum absolute atomic E-state index is 0.000833. The summed E-state index contributed by atoms with van der Waals surface area (Å²) in [6, 6.07) is -0.172. The standard InChI is InChI=1S/C9H19N3O2/c1-7(9(14)10-2)12-4-3-11-5-8(13)6-12/h7-8,11,13H,3-6H2,1-2H3,(H,10,14). The van der Waals surface area contributed by atoms with Gasteiger partial charge in [0.15, 0.2) is 0 Å². The van der Waals surface area contributed by atoms with Gasteiger partial charge in [-0.15, -0.1) is 0 Å². The normalized spacial score (nSPS) is 26.6. The molecule has 0 saturated carbocycles. The van der Waals surface area contributed by atoms with Crippen LogP contribution < -0.4 is 10.6 Å². The molecule has 82 valence electrons. The summed E-state index contributed by atoms with van der Waals surface area (Å²) in [6.07, 6.45) is -0.385. The summed E-state index contributed by atoms with van der Waals surface area (Å²) in [5, 5.41) is 15.3. The topological polar surface area (TPSA) is 64.6 Å². The minimum Gasteiger partial charge on any atom is -0.390 e. The van der Waals surface area contributed by atoms with E-state index in [1.165, 1.54) is 0 Å². The number of β-amino-alcohol motifs (C(OH)–C–C–N with tert-alkyl or cyclic N) is 1. The summed E-state index contributed by atoms with van der Waals surface area (Å²) >= 11 is 0. The number of likely N-dealkylation sites (N-methyl/N-ethyl adjacent to an activating group) is 1. The maximum absolute atomic E-state index is 11.4. The number of carbonyl (C=O) groups excluding carboxylic acids is 1. The van der Waals surface area contributed by atoms with Gasteiger partial charge in [-0.3, -0.25) is 9.69 Å². The SMILES string of the molecule is CNC(=O)C(C)N1CCNCC(O)C1. The van der Waals surface area contributed by atoms with Crippen molar-refractivity contribution < 1.29 is 9.90 Å². The van der Waals surface area contributed by atoms with Crippen LogP contribution in [0.3, 0.4) is 0 Å². The van der Waals surface area contributed by atoms with E-state index in [4.69, 9.17) is 0 Å². The number of aliphatic hydroxyl groups excluding tert-OH is 1. The lowest BCUT2D eigenvalue weighted by Gasteiger charge is -2.26. The van der Waals surface area contributed by atoms with Crippen LogP contribution in [0.2, 0.25) is 0 Å². The lowest BCUT2D eigenvalue weighted by atomic mass is 10.2. The summed E-state index contributed by atoms with van der Waals surface area (Å²) in [5.74, 6) is -0.000833. The van der Waals surface area contributed by atoms with Crippen LogP contribution in [0.5, 0.6) is 0 Å². The predicted molar refractivity (Wildman–Crippen MR) is 54.0 cm³/mol. The number of hydrogen-bond acceptors (Lipinski definition) is 4. The smallest absolute Gasteiger partial charge is 0.236 e. The average molecular weight is 201 g/mol. The fraction of sp³-hybridized carbons (Fsp3) is 0.889. The van der Waals surface area contributed by atoms with Crippen LogP contribution in [-0.4, -0.2) is 61.3 Å². The molecule has 1 fully saturated rings. The molecule has 1 aliphatic heterocycles. The van der Waals surface area contributed by atoms with Gasteiger partial charge in [0.05, 0.1) is 12.1 Å². The van der Waals surface area contributed by atoms with Crippen molar-refractivity contribution >= 4 is 5.91 Å². The second-order valence-electron chi connectivity index (χ2n) is 3.64. The van der Waals surface area contributed by atoms with Crippen LogP contribution in [0.4, 0.5) is 0 Å². The van der Waals surface area contributed by atoms with Crippen molar-refractivity contribution in [3.05, 3.63) is 0 Å². The average Bonchev–Trinajstić information content (AvgIpc) is 2.40. The highest BCUT2D eigenvalue weighted by Gasteiger charge is 2.23. The highest BCUT2D eigenvalue weighted by molar-refractivity contribution is 5.80. The highest BCUT2D eigenvalue weighted by atomic mass is 16.3. The summed E-state index contributed by atoms with van der Waals surface area (Å²) in [6.45, 7) is 4.64. The van der Waals surface area contributed by atoms with Gasteiger partial charge in [0.2, 0.25) is 5.91 Å². The Balaban J connectivity index is 2.52. The largest absolute Gasteiger partial charge is 0.390 e. The molecule has 0 aliphatic carbocycles. The fourth-order valence-corrected chi connectivity index (χ4v) is 1.64. The van der Waals surface area contributed by atoms with Gasteiger partial charge >= 0.3 is 0 Å². The quantitative estimate of drug-likeness (QED) is 0.503. The Morgan fingerprint density at radius 1 is 1.71 bits per heavy atom. The molecule has 2 atom stereocenters. The van der Waals surface area contributed by atoms with Gasteiger partial charge in [0.25, 0.3) is 0 Å². The Bertz CT molecular complexity index is 198. The van der Waals surface area contributed by atoms with E-state index in [2.05, 4.69) is 10.6 Å². The number of hydrogen-bond donors (Lipinski definition) is 3. The zero-order valence-electron chi connectivity index (χ0n) is 8.79. The van der Waals surface area contributed by atoms with E-state index >= 15 is 0 Å². The molecule has 0 bridgehead atoms. The molecule has 1 rings (SSSR count). The Kier molecular flexibility index (Phi) is 4.31. The molecule has 1 heterocycles. The Morgan fingerprint density at radius 2 is 2.43 bits per heavy atom. The minimum atomic E-state index is -0.385. The van der Waals surface area contributed by atoms with Crippen molar-refractivity contribution in [2.24, 2.45) is 0 Å². The number of nitrogens with zero attached hydrogens (tertiary/aromatic N) is 1. The van der Waals surface area contributed by atoms with Gasteiger partial charge in [-0.1, -0.05) is 0 Å². The molecule has 0 aromatic heterocycles. The molecule has 1 amide bonds. The van der Waals surface area contributed by atoms with Gasteiger partial charge < -0.3 is 15.7 Å². The first-order chi connectivity index (χ1) is 6.65. The first-order valence-corrected chi connectivity index (χ1v) is 4.99. The van der Waals surface area contributed by atoms with Gasteiger partial charge in [-0.25, -0.2) is 0 Å². The number of carbonyl (C=O) groups is 1. The summed E-state index contributed by atoms with van der Waals surface area (Å²) in [4.78, 5) is 13.4. The van der Waals surface area contributed by atoms with Gasteiger partial charge in [0, 0.05) is 33.2 Å². The zero-order valence-corrected chi connectivity index (χ0v) is 8.79. The monoisotopic (exact) mass is 201 g/mol. The molecule has 14 heavy (non-hydrogen) atoms. The first kappa shape index (κ1) is 11.4. The van der Waals surface area contributed by atoms with E-state index in [0.717, 1.165) is 13.1 Å². The molecule has 0 aromatic carbocycles. The second kappa shape index (κ2) is 5.29. The van der Waals surface area contributed by atoms with Crippen molar-refractivity contribution in [2.75, 3.05) is 33.2 Å². The molecule has 0 aromatic rings. The number of nitrogens with one attached hydrogen (secondary N) is 2. The third-order valence-corrected chi connectivity index (χ3v) is 2.57. The summed E-state index contributed by atoms with van der Waals surface area (Å²) in [5.41, 5.74) is 0. The Labute approximate surface area is 84.5 Å². The van der Waals surface area contributed by atoms with Crippen molar-refractivity contribution in [1.29, 1.82) is 0 Å². The predicted octanol–water partition coefficient (Wildman–Crippen LogP) is -1.61. The lowest BCUT2D eigenvalue weighted by Crippen LogP contribution is -2.47.